The highest BCUT2D eigenvalue weighted by atomic mass is 79.9. The number of nitrogens with two attached hydrogens (primary N) is 1. The van der Waals surface area contributed by atoms with Crippen LogP contribution >= 0.6 is 15.9 Å². The standard InChI is InChI=1S/C10H11BrN4O2/c1-2-17-10(16)15(12)9-7-4-3-6(11)5-8(7)13-14-9/h3-5H,2,12H2,1H3,(H,13,14). The summed E-state index contributed by atoms with van der Waals surface area (Å²) < 4.78 is 5.72. The molecule has 0 atom stereocenters. The van der Waals surface area contributed by atoms with Gasteiger partial charge in [0.2, 0.25) is 0 Å². The molecule has 0 aliphatic carbocycles. The Balaban J connectivity index is 2.39. The minimum atomic E-state index is -0.635. The van der Waals surface area contributed by atoms with Gasteiger partial charge in [-0.2, -0.15) is 10.1 Å². The predicted molar refractivity (Wildman–Crippen MR) is 67.5 cm³/mol. The number of nitrogens with one attached hydrogen (secondary N) is 1. The Labute approximate surface area is 106 Å². The van der Waals surface area contributed by atoms with E-state index in [1.165, 1.54) is 0 Å². The van der Waals surface area contributed by atoms with E-state index in [1.807, 2.05) is 18.2 Å². The first-order valence-corrected chi connectivity index (χ1v) is 5.78. The van der Waals surface area contributed by atoms with Crippen LogP contribution in [-0.4, -0.2) is 22.9 Å². The molecule has 0 saturated heterocycles. The monoisotopic (exact) mass is 298 g/mol. The summed E-state index contributed by atoms with van der Waals surface area (Å²) in [6.45, 7) is 1.98. The zero-order valence-electron chi connectivity index (χ0n) is 9.11. The van der Waals surface area contributed by atoms with Gasteiger partial charge >= 0.3 is 6.09 Å². The molecule has 0 saturated carbocycles. The van der Waals surface area contributed by atoms with Crippen LogP contribution in [0.25, 0.3) is 10.9 Å². The second kappa shape index (κ2) is 4.72. The normalized spacial score (nSPS) is 10.5. The van der Waals surface area contributed by atoms with Gasteiger partial charge in [-0.25, -0.2) is 10.6 Å². The molecule has 17 heavy (non-hydrogen) atoms. The second-order valence-corrected chi connectivity index (χ2v) is 4.22. The van der Waals surface area contributed by atoms with Crippen molar-refractivity contribution in [3.63, 3.8) is 0 Å². The van der Waals surface area contributed by atoms with E-state index in [1.54, 1.807) is 6.92 Å². The molecule has 0 bridgehead atoms. The molecule has 1 heterocycles. The van der Waals surface area contributed by atoms with Crippen molar-refractivity contribution in [3.05, 3.63) is 22.7 Å². The average Bonchev–Trinajstić information content (AvgIpc) is 2.71. The fourth-order valence-corrected chi connectivity index (χ4v) is 1.80. The van der Waals surface area contributed by atoms with Crippen LogP contribution in [0.15, 0.2) is 22.7 Å². The van der Waals surface area contributed by atoms with Gasteiger partial charge in [-0.05, 0) is 25.1 Å². The highest BCUT2D eigenvalue weighted by molar-refractivity contribution is 9.10. The van der Waals surface area contributed by atoms with E-state index in [2.05, 4.69) is 26.1 Å². The lowest BCUT2D eigenvalue weighted by Gasteiger charge is -2.12. The van der Waals surface area contributed by atoms with Crippen LogP contribution in [0.4, 0.5) is 10.6 Å². The quantitative estimate of drug-likeness (QED) is 0.505. The summed E-state index contributed by atoms with van der Waals surface area (Å²) in [6, 6.07) is 5.52. The Morgan fingerprint density at radius 3 is 3.12 bits per heavy atom. The summed E-state index contributed by atoms with van der Waals surface area (Å²) in [5.74, 6) is 5.98. The van der Waals surface area contributed by atoms with Crippen LogP contribution in [0.2, 0.25) is 0 Å². The summed E-state index contributed by atoms with van der Waals surface area (Å²) in [4.78, 5) is 11.5. The number of nitrogens with zero attached hydrogens (tertiary/aromatic N) is 2. The van der Waals surface area contributed by atoms with E-state index in [4.69, 9.17) is 10.6 Å². The van der Waals surface area contributed by atoms with Gasteiger partial charge < -0.3 is 4.74 Å². The van der Waals surface area contributed by atoms with Gasteiger partial charge in [0.15, 0.2) is 5.82 Å². The zero-order chi connectivity index (χ0) is 12.4. The summed E-state index contributed by atoms with van der Waals surface area (Å²) in [7, 11) is 0. The summed E-state index contributed by atoms with van der Waals surface area (Å²) in [5.41, 5.74) is 0.786. The van der Waals surface area contributed by atoms with E-state index in [0.717, 1.165) is 20.4 Å². The van der Waals surface area contributed by atoms with Crippen molar-refractivity contribution in [3.8, 4) is 0 Å². The Kier molecular flexibility index (Phi) is 3.30. The van der Waals surface area contributed by atoms with Crippen molar-refractivity contribution in [1.29, 1.82) is 0 Å². The van der Waals surface area contributed by atoms with Gasteiger partial charge in [-0.3, -0.25) is 5.10 Å². The topological polar surface area (TPSA) is 84.2 Å². The third-order valence-electron chi connectivity index (χ3n) is 2.20. The van der Waals surface area contributed by atoms with Crippen molar-refractivity contribution in [1.82, 2.24) is 10.2 Å². The van der Waals surface area contributed by atoms with Crippen molar-refractivity contribution >= 4 is 38.7 Å². The number of carbonyl (C=O) groups excluding carboxylic acids is 1. The number of aromatic amines is 1. The Morgan fingerprint density at radius 2 is 2.41 bits per heavy atom. The first-order valence-electron chi connectivity index (χ1n) is 4.98. The average molecular weight is 299 g/mol. The molecule has 1 amide bonds. The number of amides is 1. The van der Waals surface area contributed by atoms with Crippen molar-refractivity contribution < 1.29 is 9.53 Å². The number of carbonyl (C=O) groups is 1. The van der Waals surface area contributed by atoms with Crippen LogP contribution in [0.5, 0.6) is 0 Å². The Hall–Kier alpha value is -1.60. The van der Waals surface area contributed by atoms with Crippen molar-refractivity contribution in [2.24, 2.45) is 5.84 Å². The van der Waals surface area contributed by atoms with Crippen LogP contribution in [-0.2, 0) is 4.74 Å². The highest BCUT2D eigenvalue weighted by Gasteiger charge is 2.18. The van der Waals surface area contributed by atoms with E-state index in [-0.39, 0.29) is 6.61 Å². The number of halogens is 1. The zero-order valence-corrected chi connectivity index (χ0v) is 10.7. The number of hydrogen-bond donors (Lipinski definition) is 2. The molecule has 0 fully saturated rings. The van der Waals surface area contributed by atoms with E-state index < -0.39 is 6.09 Å². The summed E-state index contributed by atoms with van der Waals surface area (Å²) in [5, 5.41) is 8.43. The van der Waals surface area contributed by atoms with Gasteiger partial charge in [0.1, 0.15) is 0 Å². The molecular weight excluding hydrogens is 288 g/mol. The molecule has 0 unspecified atom stereocenters. The Morgan fingerprint density at radius 1 is 1.65 bits per heavy atom. The van der Waals surface area contributed by atoms with Crippen molar-refractivity contribution in [2.75, 3.05) is 11.6 Å². The molecular formula is C10H11BrN4O2. The maximum Gasteiger partial charge on any atom is 0.430 e. The molecule has 0 radical (unpaired) electrons. The minimum Gasteiger partial charge on any atom is -0.448 e. The van der Waals surface area contributed by atoms with Gasteiger partial charge in [0.05, 0.1) is 12.1 Å². The molecule has 0 spiro atoms. The first kappa shape index (κ1) is 11.9. The van der Waals surface area contributed by atoms with Crippen LogP contribution < -0.4 is 10.9 Å². The number of fused-ring (bicyclic) bond motifs is 1. The van der Waals surface area contributed by atoms with E-state index in [9.17, 15) is 4.79 Å². The number of aromatic nitrogens is 2. The molecule has 90 valence electrons. The molecule has 1 aromatic carbocycles. The van der Waals surface area contributed by atoms with Gasteiger partial charge in [-0.1, -0.05) is 15.9 Å². The first-order chi connectivity index (χ1) is 8.13. The van der Waals surface area contributed by atoms with E-state index >= 15 is 0 Å². The van der Waals surface area contributed by atoms with Gasteiger partial charge in [-0.15, -0.1) is 0 Å². The SMILES string of the molecule is CCOC(=O)N(N)c1n[nH]c2cc(Br)ccc12. The molecule has 0 aliphatic rings. The third-order valence-corrected chi connectivity index (χ3v) is 2.69. The highest BCUT2D eigenvalue weighted by Crippen LogP contribution is 2.25. The smallest absolute Gasteiger partial charge is 0.430 e. The number of rotatable bonds is 2. The molecule has 0 aliphatic heterocycles. The van der Waals surface area contributed by atoms with Crippen LogP contribution in [0, 0.1) is 0 Å². The number of anilines is 1. The number of H-pyrrole nitrogens is 1. The number of benzene rings is 1. The second-order valence-electron chi connectivity index (χ2n) is 3.31. The molecule has 3 N–H and O–H groups in total. The largest absolute Gasteiger partial charge is 0.448 e. The van der Waals surface area contributed by atoms with Gasteiger partial charge in [0.25, 0.3) is 0 Å². The summed E-state index contributed by atoms with van der Waals surface area (Å²) >= 11 is 3.35. The van der Waals surface area contributed by atoms with Crippen LogP contribution in [0.1, 0.15) is 6.92 Å². The Bertz CT molecular complexity index is 554. The van der Waals surface area contributed by atoms with E-state index in [0.29, 0.717) is 5.82 Å². The molecule has 7 heteroatoms. The lowest BCUT2D eigenvalue weighted by atomic mass is 10.2. The van der Waals surface area contributed by atoms with Crippen LogP contribution in [0.3, 0.4) is 0 Å². The fraction of sp³-hybridized carbons (Fsp3) is 0.200. The number of ether oxygens (including phenoxy) is 1. The molecule has 2 aromatic rings. The molecule has 2 rings (SSSR count). The minimum absolute atomic E-state index is 0.264. The molecule has 1 aromatic heterocycles. The lowest BCUT2D eigenvalue weighted by Crippen LogP contribution is -2.38. The maximum atomic E-state index is 11.5. The molecule has 6 nitrogen and oxygen atoms in total. The number of hydrogen-bond acceptors (Lipinski definition) is 4. The maximum absolute atomic E-state index is 11.5. The van der Waals surface area contributed by atoms with Crippen molar-refractivity contribution in [2.45, 2.75) is 6.92 Å². The fourth-order valence-electron chi connectivity index (χ4n) is 1.44. The number of hydrazine groups is 1. The summed E-state index contributed by atoms with van der Waals surface area (Å²) in [6.07, 6.45) is -0.635. The van der Waals surface area contributed by atoms with Gasteiger partial charge in [0, 0.05) is 9.86 Å². The lowest BCUT2D eigenvalue weighted by molar-refractivity contribution is 0.159. The predicted octanol–water partition coefficient (Wildman–Crippen LogP) is 2.16. The third kappa shape index (κ3) is 2.25.